The molecule has 0 bridgehead atoms. The van der Waals surface area contributed by atoms with Crippen molar-refractivity contribution in [3.8, 4) is 0 Å². The van der Waals surface area contributed by atoms with E-state index in [1.165, 1.54) is 89.9 Å². The maximum atomic E-state index is 11.6. The summed E-state index contributed by atoms with van der Waals surface area (Å²) < 4.78 is 27.5. The van der Waals surface area contributed by atoms with Gasteiger partial charge in [0.1, 0.15) is 0 Å². The minimum absolute atomic E-state index is 0.189. The number of hydrogen-bond donors (Lipinski definition) is 3. The molecule has 0 aromatic carbocycles. The highest BCUT2D eigenvalue weighted by atomic mass is 32.3. The van der Waals surface area contributed by atoms with E-state index in [9.17, 15) is 13.2 Å². The summed E-state index contributed by atoms with van der Waals surface area (Å²) in [4.78, 5) is 11.6. The molecule has 0 aliphatic rings. The van der Waals surface area contributed by atoms with Gasteiger partial charge in [-0.2, -0.15) is 8.42 Å². The van der Waals surface area contributed by atoms with E-state index in [1.54, 1.807) is 0 Å². The lowest BCUT2D eigenvalue weighted by Crippen LogP contribution is -2.33. The molecule has 33 heavy (non-hydrogen) atoms. The van der Waals surface area contributed by atoms with Gasteiger partial charge in [-0.25, -0.2) is 0 Å². The van der Waals surface area contributed by atoms with Gasteiger partial charge in [0, 0.05) is 32.6 Å². The topological polar surface area (TPSA) is 120 Å². The van der Waals surface area contributed by atoms with Crippen LogP contribution in [0.4, 0.5) is 0 Å². The Kier molecular flexibility index (Phi) is 28.7. The molecule has 200 valence electrons. The average molecular weight is 496 g/mol. The van der Waals surface area contributed by atoms with Crippen molar-refractivity contribution in [1.82, 2.24) is 10.6 Å². The lowest BCUT2D eigenvalue weighted by molar-refractivity contribution is -0.121. The van der Waals surface area contributed by atoms with Crippen molar-refractivity contribution in [3.63, 3.8) is 0 Å². The maximum Gasteiger partial charge on any atom is 0.399 e. The van der Waals surface area contributed by atoms with Gasteiger partial charge in [-0.15, -0.1) is 0 Å². The summed E-state index contributed by atoms with van der Waals surface area (Å²) in [6, 6.07) is 0. The van der Waals surface area contributed by atoms with Crippen molar-refractivity contribution in [2.45, 2.75) is 110 Å². The summed E-state index contributed by atoms with van der Waals surface area (Å²) in [6.07, 6.45) is 21.1. The first-order valence-electron chi connectivity index (χ1n) is 13.0. The maximum absolute atomic E-state index is 11.6. The zero-order chi connectivity index (χ0) is 25.0. The summed E-state index contributed by atoms with van der Waals surface area (Å²) >= 11 is 0. The number of carbonyl (C=O) groups is 1. The van der Waals surface area contributed by atoms with Crippen LogP contribution >= 0.6 is 0 Å². The normalized spacial score (nSPS) is 11.2. The highest BCUT2D eigenvalue weighted by molar-refractivity contribution is 7.81. The van der Waals surface area contributed by atoms with Gasteiger partial charge < -0.3 is 16.4 Å². The number of nitrogens with one attached hydrogen (secondary N) is 2. The largest absolute Gasteiger partial charge is 0.399 e. The smallest absolute Gasteiger partial charge is 0.355 e. The first kappa shape index (κ1) is 34.4. The molecule has 0 aromatic heterocycles. The minimum atomic E-state index is -3.66. The van der Waals surface area contributed by atoms with Crippen molar-refractivity contribution >= 4 is 16.3 Å². The second kappa shape index (κ2) is 27.5. The van der Waals surface area contributed by atoms with Gasteiger partial charge in [-0.05, 0) is 6.42 Å². The Balaban J connectivity index is 0. The molecule has 8 nitrogen and oxygen atoms in total. The van der Waals surface area contributed by atoms with Gasteiger partial charge >= 0.3 is 10.4 Å². The van der Waals surface area contributed by atoms with Crippen LogP contribution in [0.2, 0.25) is 0 Å². The summed E-state index contributed by atoms with van der Waals surface area (Å²) in [6.45, 7) is 5.25. The first-order chi connectivity index (χ1) is 15.9. The van der Waals surface area contributed by atoms with E-state index in [-0.39, 0.29) is 5.91 Å². The van der Waals surface area contributed by atoms with Gasteiger partial charge in [0.15, 0.2) is 0 Å². The Labute approximate surface area is 204 Å². The Morgan fingerprint density at radius 2 is 1.12 bits per heavy atom. The van der Waals surface area contributed by atoms with Gasteiger partial charge in [-0.1, -0.05) is 96.8 Å². The van der Waals surface area contributed by atoms with E-state index >= 15 is 0 Å². The molecule has 0 saturated carbocycles. The molecule has 0 aliphatic carbocycles. The molecule has 0 unspecified atom stereocenters. The second-order valence-electron chi connectivity index (χ2n) is 8.33. The van der Waals surface area contributed by atoms with Crippen LogP contribution in [0.3, 0.4) is 0 Å². The Hall–Kier alpha value is -0.740. The Bertz CT molecular complexity index is 494. The standard InChI is InChI=1S/C22H47N3O.C2H6O4S/c1-2-3-4-5-6-7-8-9-10-11-12-13-14-15-16-17-22(26)25-21-20-24-19-18-23;1-5-7(3,4)6-2/h24H,2-21,23H2,1H3,(H,25,26);1-2H3. The zero-order valence-electron chi connectivity index (χ0n) is 21.7. The molecule has 0 rings (SSSR count). The molecule has 0 aliphatic heterocycles. The lowest BCUT2D eigenvalue weighted by Gasteiger charge is -2.06. The van der Waals surface area contributed by atoms with Crippen LogP contribution in [-0.2, 0) is 23.6 Å². The van der Waals surface area contributed by atoms with Crippen LogP contribution in [0.1, 0.15) is 110 Å². The lowest BCUT2D eigenvalue weighted by atomic mass is 10.0. The fraction of sp³-hybridized carbons (Fsp3) is 0.958. The highest BCUT2D eigenvalue weighted by Crippen LogP contribution is 2.13. The third kappa shape index (κ3) is 31.3. The molecular weight excluding hydrogens is 442 g/mol. The number of nitrogens with two attached hydrogens (primary N) is 1. The van der Waals surface area contributed by atoms with Crippen LogP contribution in [0.25, 0.3) is 0 Å². The van der Waals surface area contributed by atoms with Crippen LogP contribution in [0.5, 0.6) is 0 Å². The number of unbranched alkanes of at least 4 members (excludes halogenated alkanes) is 14. The molecule has 4 N–H and O–H groups in total. The third-order valence-corrected chi connectivity index (χ3v) is 6.18. The van der Waals surface area contributed by atoms with Crippen molar-refractivity contribution < 1.29 is 21.6 Å². The van der Waals surface area contributed by atoms with Crippen molar-refractivity contribution in [2.24, 2.45) is 5.73 Å². The second-order valence-corrected chi connectivity index (χ2v) is 9.81. The summed E-state index contributed by atoms with van der Waals surface area (Å²) in [5.41, 5.74) is 5.39. The molecule has 0 spiro atoms. The number of rotatable bonds is 23. The van der Waals surface area contributed by atoms with E-state index in [1.807, 2.05) is 0 Å². The predicted octanol–water partition coefficient (Wildman–Crippen LogP) is 4.44. The van der Waals surface area contributed by atoms with Crippen LogP contribution < -0.4 is 16.4 Å². The monoisotopic (exact) mass is 495 g/mol. The molecular formula is C24H53N3O5S. The van der Waals surface area contributed by atoms with Gasteiger partial charge in [0.05, 0.1) is 14.2 Å². The predicted molar refractivity (Wildman–Crippen MR) is 137 cm³/mol. The Morgan fingerprint density at radius 3 is 1.48 bits per heavy atom. The average Bonchev–Trinajstić information content (AvgIpc) is 2.82. The molecule has 9 heteroatoms. The van der Waals surface area contributed by atoms with E-state index in [4.69, 9.17) is 5.73 Å². The van der Waals surface area contributed by atoms with Crippen LogP contribution in [0.15, 0.2) is 0 Å². The van der Waals surface area contributed by atoms with Crippen LogP contribution in [0, 0.1) is 0 Å². The van der Waals surface area contributed by atoms with Crippen molar-refractivity contribution in [2.75, 3.05) is 40.4 Å². The highest BCUT2D eigenvalue weighted by Gasteiger charge is 2.01. The molecule has 0 saturated heterocycles. The SMILES string of the molecule is CCCCCCCCCCCCCCCCCC(=O)NCCNCCN.COS(=O)(=O)OC. The zero-order valence-corrected chi connectivity index (χ0v) is 22.5. The number of amides is 1. The Morgan fingerprint density at radius 1 is 0.697 bits per heavy atom. The molecule has 1 amide bonds. The fourth-order valence-electron chi connectivity index (χ4n) is 3.33. The fourth-order valence-corrected chi connectivity index (χ4v) is 3.47. The first-order valence-corrected chi connectivity index (χ1v) is 14.3. The molecule has 0 fully saturated rings. The van der Waals surface area contributed by atoms with Crippen molar-refractivity contribution in [1.29, 1.82) is 0 Å². The molecule has 0 atom stereocenters. The van der Waals surface area contributed by atoms with Gasteiger partial charge in [0.2, 0.25) is 5.91 Å². The molecule has 0 radical (unpaired) electrons. The van der Waals surface area contributed by atoms with E-state index < -0.39 is 10.4 Å². The summed E-state index contributed by atoms with van der Waals surface area (Å²) in [5.74, 6) is 0.189. The summed E-state index contributed by atoms with van der Waals surface area (Å²) in [7, 11) is -1.60. The van der Waals surface area contributed by atoms with Crippen LogP contribution in [-0.4, -0.2) is 54.7 Å². The number of carbonyl (C=O) groups excluding carboxylic acids is 1. The van der Waals surface area contributed by atoms with E-state index in [0.717, 1.165) is 33.7 Å². The van der Waals surface area contributed by atoms with E-state index in [0.29, 0.717) is 19.5 Å². The third-order valence-electron chi connectivity index (χ3n) is 5.36. The quantitative estimate of drug-likeness (QED) is 0.179. The van der Waals surface area contributed by atoms with Gasteiger partial charge in [0.25, 0.3) is 0 Å². The van der Waals surface area contributed by atoms with Gasteiger partial charge in [-0.3, -0.25) is 13.2 Å². The minimum Gasteiger partial charge on any atom is -0.355 e. The number of hydrogen-bond acceptors (Lipinski definition) is 7. The molecule has 0 heterocycles. The summed E-state index contributed by atoms with van der Waals surface area (Å²) in [5, 5.41) is 6.12. The van der Waals surface area contributed by atoms with Crippen molar-refractivity contribution in [3.05, 3.63) is 0 Å². The molecule has 0 aromatic rings. The van der Waals surface area contributed by atoms with E-state index in [2.05, 4.69) is 25.9 Å².